The van der Waals surface area contributed by atoms with Gasteiger partial charge in [0, 0.05) is 23.1 Å². The maximum atomic E-state index is 13.2. The van der Waals surface area contributed by atoms with E-state index in [4.69, 9.17) is 14.7 Å². The number of hydrogen-bond donors (Lipinski definition) is 1. The van der Waals surface area contributed by atoms with Gasteiger partial charge in [0.1, 0.15) is 16.2 Å². The largest absolute Gasteiger partial charge is 0.370 e. The van der Waals surface area contributed by atoms with Crippen LogP contribution in [0.5, 0.6) is 0 Å². The SMILES string of the molecule is CCc1nc2sc3c(SCC(=O)NC(c4ccccc4)c4ccccc4)ncnc3c2c2c1COC(C)(C)C2. The molecule has 0 saturated heterocycles. The Hall–Kier alpha value is -3.33. The molecule has 5 aromatic rings. The van der Waals surface area contributed by atoms with Crippen molar-refractivity contribution in [3.05, 3.63) is 94.9 Å². The van der Waals surface area contributed by atoms with E-state index in [1.165, 1.54) is 22.9 Å². The maximum Gasteiger partial charge on any atom is 0.231 e. The number of aromatic nitrogens is 3. The number of benzene rings is 2. The molecule has 0 unspecified atom stereocenters. The average molecular weight is 555 g/mol. The van der Waals surface area contributed by atoms with Crippen LogP contribution in [0.25, 0.3) is 20.4 Å². The van der Waals surface area contributed by atoms with E-state index in [1.54, 1.807) is 17.7 Å². The summed E-state index contributed by atoms with van der Waals surface area (Å²) in [4.78, 5) is 28.5. The Morgan fingerprint density at radius 1 is 1.05 bits per heavy atom. The third kappa shape index (κ3) is 5.16. The number of carbonyl (C=O) groups is 1. The zero-order valence-corrected chi connectivity index (χ0v) is 23.9. The molecule has 0 spiro atoms. The molecule has 6 nitrogen and oxygen atoms in total. The first-order valence-corrected chi connectivity index (χ1v) is 15.0. The molecule has 0 radical (unpaired) electrons. The van der Waals surface area contributed by atoms with Gasteiger partial charge in [0.25, 0.3) is 0 Å². The Balaban J connectivity index is 1.30. The highest BCUT2D eigenvalue weighted by molar-refractivity contribution is 8.00. The van der Waals surface area contributed by atoms with Crippen LogP contribution in [-0.4, -0.2) is 32.2 Å². The highest BCUT2D eigenvalue weighted by Gasteiger charge is 2.31. The number of fused-ring (bicyclic) bond motifs is 5. The van der Waals surface area contributed by atoms with Crippen LogP contribution < -0.4 is 5.32 Å². The van der Waals surface area contributed by atoms with Crippen LogP contribution in [-0.2, 0) is 29.0 Å². The van der Waals surface area contributed by atoms with Crippen molar-refractivity contribution in [1.29, 1.82) is 0 Å². The lowest BCUT2D eigenvalue weighted by Crippen LogP contribution is -2.32. The number of rotatable bonds is 7. The summed E-state index contributed by atoms with van der Waals surface area (Å²) in [6, 6.07) is 19.9. The predicted molar refractivity (Wildman–Crippen MR) is 158 cm³/mol. The van der Waals surface area contributed by atoms with Crippen molar-refractivity contribution in [2.45, 2.75) is 56.9 Å². The summed E-state index contributed by atoms with van der Waals surface area (Å²) in [5.41, 5.74) is 6.36. The molecule has 1 N–H and O–H groups in total. The van der Waals surface area contributed by atoms with Crippen molar-refractivity contribution in [2.75, 3.05) is 5.75 Å². The van der Waals surface area contributed by atoms with Gasteiger partial charge in [-0.25, -0.2) is 15.0 Å². The van der Waals surface area contributed by atoms with Crippen LogP contribution in [0.1, 0.15) is 54.8 Å². The fourth-order valence-electron chi connectivity index (χ4n) is 5.23. The second kappa shape index (κ2) is 10.7. The van der Waals surface area contributed by atoms with Gasteiger partial charge in [-0.05, 0) is 37.0 Å². The molecule has 0 saturated carbocycles. The molecule has 1 aliphatic heterocycles. The van der Waals surface area contributed by atoms with Crippen LogP contribution in [0, 0.1) is 0 Å². The molecule has 39 heavy (non-hydrogen) atoms. The molecule has 198 valence electrons. The van der Waals surface area contributed by atoms with Crippen molar-refractivity contribution in [2.24, 2.45) is 0 Å². The minimum Gasteiger partial charge on any atom is -0.370 e. The fourth-order valence-corrected chi connectivity index (χ4v) is 7.30. The van der Waals surface area contributed by atoms with Crippen molar-refractivity contribution >= 4 is 49.4 Å². The van der Waals surface area contributed by atoms with Gasteiger partial charge in [0.05, 0.1) is 34.2 Å². The summed E-state index contributed by atoms with van der Waals surface area (Å²) in [7, 11) is 0. The van der Waals surface area contributed by atoms with Gasteiger partial charge in [0.2, 0.25) is 5.91 Å². The van der Waals surface area contributed by atoms with E-state index in [0.717, 1.165) is 55.1 Å². The number of carbonyl (C=O) groups excluding carboxylic acids is 1. The number of amides is 1. The second-order valence-corrected chi connectivity index (χ2v) is 12.3. The summed E-state index contributed by atoms with van der Waals surface area (Å²) >= 11 is 3.07. The van der Waals surface area contributed by atoms with Gasteiger partial charge in [-0.1, -0.05) is 79.3 Å². The Morgan fingerprint density at radius 2 is 1.74 bits per heavy atom. The number of nitrogens with zero attached hydrogens (tertiary/aromatic N) is 3. The normalized spacial score (nSPS) is 14.6. The smallest absolute Gasteiger partial charge is 0.231 e. The highest BCUT2D eigenvalue weighted by Crippen LogP contribution is 2.42. The number of hydrogen-bond acceptors (Lipinski definition) is 7. The minimum absolute atomic E-state index is 0.0479. The summed E-state index contributed by atoms with van der Waals surface area (Å²) in [5.74, 6) is 0.205. The highest BCUT2D eigenvalue weighted by atomic mass is 32.2. The molecule has 6 rings (SSSR count). The van der Waals surface area contributed by atoms with E-state index in [2.05, 4.69) is 31.1 Å². The van der Waals surface area contributed by atoms with E-state index in [9.17, 15) is 4.79 Å². The number of pyridine rings is 1. The summed E-state index contributed by atoms with van der Waals surface area (Å²) < 4.78 is 7.12. The Bertz CT molecular complexity index is 1610. The summed E-state index contributed by atoms with van der Waals surface area (Å²) in [6.45, 7) is 6.98. The van der Waals surface area contributed by atoms with E-state index in [0.29, 0.717) is 6.61 Å². The number of thioether (sulfide) groups is 1. The molecule has 1 amide bonds. The van der Waals surface area contributed by atoms with Gasteiger partial charge in [0.15, 0.2) is 0 Å². The molecule has 0 fully saturated rings. The fraction of sp³-hybridized carbons (Fsp3) is 0.290. The zero-order valence-electron chi connectivity index (χ0n) is 22.2. The molecule has 0 atom stereocenters. The third-order valence-corrected chi connectivity index (χ3v) is 9.33. The van der Waals surface area contributed by atoms with E-state index >= 15 is 0 Å². The Kier molecular flexibility index (Phi) is 7.10. The number of ether oxygens (including phenoxy) is 1. The topological polar surface area (TPSA) is 77.0 Å². The number of thiophene rings is 1. The van der Waals surface area contributed by atoms with E-state index in [-0.39, 0.29) is 23.3 Å². The zero-order chi connectivity index (χ0) is 27.0. The molecule has 0 aliphatic carbocycles. The molecule has 3 aromatic heterocycles. The molecular weight excluding hydrogens is 525 g/mol. The van der Waals surface area contributed by atoms with Gasteiger partial charge in [-0.15, -0.1) is 11.3 Å². The monoisotopic (exact) mass is 554 g/mol. The average Bonchev–Trinajstić information content (AvgIpc) is 3.34. The van der Waals surface area contributed by atoms with Gasteiger partial charge in [-0.2, -0.15) is 0 Å². The third-order valence-electron chi connectivity index (χ3n) is 7.13. The molecule has 0 bridgehead atoms. The lowest BCUT2D eigenvalue weighted by atomic mass is 9.89. The van der Waals surface area contributed by atoms with Crippen molar-refractivity contribution in [3.8, 4) is 0 Å². The number of nitrogens with one attached hydrogen (secondary N) is 1. The van der Waals surface area contributed by atoms with E-state index < -0.39 is 0 Å². The van der Waals surface area contributed by atoms with Crippen LogP contribution in [0.3, 0.4) is 0 Å². The lowest BCUT2D eigenvalue weighted by molar-refractivity contribution is -0.119. The van der Waals surface area contributed by atoms with Crippen LogP contribution >= 0.6 is 23.1 Å². The standard InChI is InChI=1S/C31H30N4O2S2/c1-4-23-22-16-37-31(2,3)15-21(22)25-27-28(39-29(25)34-23)30(33-18-32-27)38-17-24(36)35-26(19-11-7-5-8-12-19)20-13-9-6-10-14-20/h5-14,18,26H,4,15-17H2,1-3H3,(H,35,36). The van der Waals surface area contributed by atoms with Crippen molar-refractivity contribution in [1.82, 2.24) is 20.3 Å². The van der Waals surface area contributed by atoms with Gasteiger partial charge in [-0.3, -0.25) is 4.79 Å². The quantitative estimate of drug-likeness (QED) is 0.179. The number of aryl methyl sites for hydroxylation is 1. The van der Waals surface area contributed by atoms with Gasteiger partial charge < -0.3 is 10.1 Å². The molecule has 1 aliphatic rings. The maximum absolute atomic E-state index is 13.2. The Labute approximate surface area is 236 Å². The van der Waals surface area contributed by atoms with Crippen LogP contribution in [0.2, 0.25) is 0 Å². The Morgan fingerprint density at radius 3 is 2.41 bits per heavy atom. The molecule has 2 aromatic carbocycles. The van der Waals surface area contributed by atoms with Gasteiger partial charge >= 0.3 is 0 Å². The summed E-state index contributed by atoms with van der Waals surface area (Å²) in [6.07, 6.45) is 3.28. The van der Waals surface area contributed by atoms with Crippen LogP contribution in [0.15, 0.2) is 72.0 Å². The first-order valence-electron chi connectivity index (χ1n) is 13.2. The first kappa shape index (κ1) is 25.9. The molecular formula is C31H30N4O2S2. The minimum atomic E-state index is -0.239. The molecule has 4 heterocycles. The van der Waals surface area contributed by atoms with Crippen LogP contribution in [0.4, 0.5) is 0 Å². The lowest BCUT2D eigenvalue weighted by Gasteiger charge is -2.33. The van der Waals surface area contributed by atoms with Crippen molar-refractivity contribution in [3.63, 3.8) is 0 Å². The second-order valence-electron chi connectivity index (χ2n) is 10.3. The predicted octanol–water partition coefficient (Wildman–Crippen LogP) is 6.65. The molecule has 8 heteroatoms. The van der Waals surface area contributed by atoms with E-state index in [1.807, 2.05) is 60.7 Å². The first-order chi connectivity index (χ1) is 18.9. The summed E-state index contributed by atoms with van der Waals surface area (Å²) in [5, 5.41) is 5.16. The van der Waals surface area contributed by atoms with Crippen molar-refractivity contribution < 1.29 is 9.53 Å².